The Kier molecular flexibility index (Phi) is 1.54. The highest BCUT2D eigenvalue weighted by Gasteiger charge is 2.50. The van der Waals surface area contributed by atoms with Gasteiger partial charge in [0, 0.05) is 0 Å². The zero-order valence-electron chi connectivity index (χ0n) is 7.24. The number of hydrogen-bond donors (Lipinski definition) is 0. The SMILES string of the molecule is [B][C@@H]1OC(=C)C2OC(C)(C)OC21. The molecule has 0 N–H and O–H groups in total. The Bertz CT molecular complexity index is 226. The molecular weight excluding hydrogens is 155 g/mol. The molecule has 0 aromatic heterocycles. The minimum atomic E-state index is -0.570. The Morgan fingerprint density at radius 3 is 2.67 bits per heavy atom. The van der Waals surface area contributed by atoms with Crippen molar-refractivity contribution in [3.8, 4) is 0 Å². The van der Waals surface area contributed by atoms with Gasteiger partial charge in [0.05, 0.1) is 6.00 Å². The number of ether oxygens (including phenoxy) is 3. The number of hydrogen-bond acceptors (Lipinski definition) is 3. The first kappa shape index (κ1) is 8.14. The summed E-state index contributed by atoms with van der Waals surface area (Å²) in [5.74, 6) is -0.00211. The molecule has 0 aromatic rings. The molecule has 2 aliphatic heterocycles. The first-order valence-corrected chi connectivity index (χ1v) is 3.96. The number of fused-ring (bicyclic) bond motifs is 1. The zero-order chi connectivity index (χ0) is 8.93. The second-order valence-corrected chi connectivity index (χ2v) is 3.57. The first-order chi connectivity index (χ1) is 5.49. The van der Waals surface area contributed by atoms with Gasteiger partial charge in [-0.2, -0.15) is 0 Å². The molecule has 64 valence electrons. The van der Waals surface area contributed by atoms with Gasteiger partial charge in [0.1, 0.15) is 25.8 Å². The summed E-state index contributed by atoms with van der Waals surface area (Å²) in [5.41, 5.74) is 0. The van der Waals surface area contributed by atoms with Crippen LogP contribution >= 0.6 is 0 Å². The van der Waals surface area contributed by atoms with Crippen LogP contribution in [-0.4, -0.2) is 31.8 Å². The van der Waals surface area contributed by atoms with Crippen LogP contribution in [-0.2, 0) is 14.2 Å². The predicted octanol–water partition coefficient (Wildman–Crippen LogP) is 0.545. The molecule has 2 heterocycles. The molecule has 2 radical (unpaired) electrons. The van der Waals surface area contributed by atoms with Gasteiger partial charge < -0.3 is 14.2 Å². The van der Waals surface area contributed by atoms with E-state index in [4.69, 9.17) is 22.1 Å². The van der Waals surface area contributed by atoms with Crippen LogP contribution in [0.4, 0.5) is 0 Å². The van der Waals surface area contributed by atoms with Crippen molar-refractivity contribution in [3.05, 3.63) is 12.3 Å². The lowest BCUT2D eigenvalue weighted by Crippen LogP contribution is -2.29. The summed E-state index contributed by atoms with van der Waals surface area (Å²) < 4.78 is 16.2. The molecule has 0 bridgehead atoms. The summed E-state index contributed by atoms with van der Waals surface area (Å²) in [5, 5.41) is 0. The zero-order valence-corrected chi connectivity index (χ0v) is 7.24. The fraction of sp³-hybridized carbons (Fsp3) is 0.750. The first-order valence-electron chi connectivity index (χ1n) is 3.96. The summed E-state index contributed by atoms with van der Waals surface area (Å²) >= 11 is 0. The Morgan fingerprint density at radius 1 is 1.42 bits per heavy atom. The van der Waals surface area contributed by atoms with Crippen molar-refractivity contribution in [2.45, 2.75) is 37.8 Å². The highest BCUT2D eigenvalue weighted by Crippen LogP contribution is 2.38. The maximum atomic E-state index is 5.64. The van der Waals surface area contributed by atoms with E-state index in [0.29, 0.717) is 5.76 Å². The maximum absolute atomic E-state index is 5.64. The highest BCUT2D eigenvalue weighted by molar-refractivity contribution is 6.11. The molecule has 2 saturated heterocycles. The van der Waals surface area contributed by atoms with Crippen molar-refractivity contribution < 1.29 is 14.2 Å². The van der Waals surface area contributed by atoms with E-state index in [-0.39, 0.29) is 12.2 Å². The van der Waals surface area contributed by atoms with E-state index in [1.54, 1.807) is 0 Å². The Balaban J connectivity index is 2.20. The topological polar surface area (TPSA) is 27.7 Å². The lowest BCUT2D eigenvalue weighted by Gasteiger charge is -2.20. The van der Waals surface area contributed by atoms with Gasteiger partial charge in [-0.25, -0.2) is 0 Å². The van der Waals surface area contributed by atoms with Crippen molar-refractivity contribution in [2.24, 2.45) is 0 Å². The van der Waals surface area contributed by atoms with Crippen molar-refractivity contribution in [2.75, 3.05) is 0 Å². The molecule has 4 heteroatoms. The molecule has 12 heavy (non-hydrogen) atoms. The molecule has 0 amide bonds. The fourth-order valence-electron chi connectivity index (χ4n) is 1.59. The van der Waals surface area contributed by atoms with Crippen molar-refractivity contribution >= 4 is 7.85 Å². The quantitative estimate of drug-likeness (QED) is 0.491. The Hall–Kier alpha value is -0.475. The van der Waals surface area contributed by atoms with Gasteiger partial charge in [-0.1, -0.05) is 6.58 Å². The average Bonchev–Trinajstić information content (AvgIpc) is 2.34. The van der Waals surface area contributed by atoms with E-state index in [2.05, 4.69) is 6.58 Å². The minimum Gasteiger partial charge on any atom is -0.500 e. The van der Waals surface area contributed by atoms with E-state index >= 15 is 0 Å². The third-order valence-corrected chi connectivity index (χ3v) is 2.06. The Labute approximate surface area is 73.1 Å². The smallest absolute Gasteiger partial charge is 0.164 e. The van der Waals surface area contributed by atoms with E-state index in [1.807, 2.05) is 13.8 Å². The molecule has 0 spiro atoms. The van der Waals surface area contributed by atoms with Crippen molar-refractivity contribution in [1.29, 1.82) is 0 Å². The molecule has 0 aliphatic carbocycles. The Morgan fingerprint density at radius 2 is 2.08 bits per heavy atom. The standard InChI is InChI=1S/C8H11BO3/c1-4-5-6(7(9)10-4)12-8(2,3)11-5/h5-7H,1H2,2-3H3/t5?,6?,7-/m1/s1. The van der Waals surface area contributed by atoms with Crippen molar-refractivity contribution in [1.82, 2.24) is 0 Å². The van der Waals surface area contributed by atoms with Gasteiger partial charge in [0.15, 0.2) is 5.79 Å². The average molecular weight is 166 g/mol. The summed E-state index contributed by atoms with van der Waals surface area (Å²) in [6.07, 6.45) is -0.400. The summed E-state index contributed by atoms with van der Waals surface area (Å²) in [4.78, 5) is 0. The van der Waals surface area contributed by atoms with Gasteiger partial charge in [-0.3, -0.25) is 0 Å². The number of rotatable bonds is 0. The second-order valence-electron chi connectivity index (χ2n) is 3.57. The molecule has 0 aromatic carbocycles. The van der Waals surface area contributed by atoms with Gasteiger partial charge in [0.25, 0.3) is 0 Å². The van der Waals surface area contributed by atoms with Crippen LogP contribution in [0.1, 0.15) is 13.8 Å². The van der Waals surface area contributed by atoms with Gasteiger partial charge in [-0.15, -0.1) is 0 Å². The summed E-state index contributed by atoms with van der Waals surface area (Å²) in [6.45, 7) is 7.41. The minimum absolute atomic E-state index is 0.199. The van der Waals surface area contributed by atoms with Gasteiger partial charge >= 0.3 is 0 Å². The van der Waals surface area contributed by atoms with E-state index in [9.17, 15) is 0 Å². The van der Waals surface area contributed by atoms with E-state index < -0.39 is 11.8 Å². The predicted molar refractivity (Wildman–Crippen MR) is 43.6 cm³/mol. The molecule has 0 saturated carbocycles. The highest BCUT2D eigenvalue weighted by atomic mass is 16.8. The van der Waals surface area contributed by atoms with Crippen LogP contribution in [0.2, 0.25) is 0 Å². The molecule has 2 fully saturated rings. The van der Waals surface area contributed by atoms with Crippen LogP contribution in [0, 0.1) is 0 Å². The monoisotopic (exact) mass is 166 g/mol. The molecule has 3 atom stereocenters. The third-order valence-electron chi connectivity index (χ3n) is 2.06. The van der Waals surface area contributed by atoms with Gasteiger partial charge in [0.2, 0.25) is 0 Å². The molecule has 2 aliphatic rings. The van der Waals surface area contributed by atoms with Crippen LogP contribution in [0.15, 0.2) is 12.3 Å². The van der Waals surface area contributed by atoms with Crippen LogP contribution in [0.25, 0.3) is 0 Å². The van der Waals surface area contributed by atoms with Crippen molar-refractivity contribution in [3.63, 3.8) is 0 Å². The largest absolute Gasteiger partial charge is 0.500 e. The lowest BCUT2D eigenvalue weighted by molar-refractivity contribution is -0.160. The summed E-state index contributed by atoms with van der Waals surface area (Å²) in [6, 6.07) is -0.440. The molecular formula is C8H11BO3. The van der Waals surface area contributed by atoms with Crippen LogP contribution < -0.4 is 0 Å². The van der Waals surface area contributed by atoms with Crippen LogP contribution in [0.3, 0.4) is 0 Å². The van der Waals surface area contributed by atoms with E-state index in [0.717, 1.165) is 0 Å². The normalized spacial score (nSPS) is 44.2. The molecule has 2 rings (SSSR count). The maximum Gasteiger partial charge on any atom is 0.164 e. The van der Waals surface area contributed by atoms with Gasteiger partial charge in [-0.05, 0) is 13.8 Å². The van der Waals surface area contributed by atoms with E-state index in [1.165, 1.54) is 0 Å². The lowest BCUT2D eigenvalue weighted by atomic mass is 9.94. The van der Waals surface area contributed by atoms with Crippen LogP contribution in [0.5, 0.6) is 0 Å². The third kappa shape index (κ3) is 1.06. The fourth-order valence-corrected chi connectivity index (χ4v) is 1.59. The molecule has 2 unspecified atom stereocenters. The second kappa shape index (κ2) is 2.27. The molecule has 3 nitrogen and oxygen atoms in total. The summed E-state index contributed by atoms with van der Waals surface area (Å²) in [7, 11) is 5.64.